The van der Waals surface area contributed by atoms with Crippen molar-refractivity contribution in [1.29, 1.82) is 0 Å². The molecule has 0 spiro atoms. The molecule has 37 heavy (non-hydrogen) atoms. The highest BCUT2D eigenvalue weighted by Gasteiger charge is 2.64. The maximum absolute atomic E-state index is 13.9. The zero-order valence-electron chi connectivity index (χ0n) is 19.0. The van der Waals surface area contributed by atoms with Crippen LogP contribution in [0, 0.1) is 22.0 Å². The van der Waals surface area contributed by atoms with Gasteiger partial charge in [-0.3, -0.25) is 24.5 Å². The maximum Gasteiger partial charge on any atom is 0.270 e. The average Bonchev–Trinajstić information content (AvgIpc) is 3.35. The highest BCUT2D eigenvalue weighted by Crippen LogP contribution is 2.54. The minimum atomic E-state index is -1.04. The van der Waals surface area contributed by atoms with Crippen molar-refractivity contribution < 1.29 is 19.3 Å². The largest absolute Gasteiger partial charge is 0.358 e. The first-order valence-corrected chi connectivity index (χ1v) is 12.2. The Labute approximate surface area is 220 Å². The Morgan fingerprint density at radius 1 is 0.892 bits per heavy atom. The number of hydrogen-bond acceptors (Lipinski definition) is 6. The summed E-state index contributed by atoms with van der Waals surface area (Å²) < 4.78 is 0. The predicted molar refractivity (Wildman–Crippen MR) is 137 cm³/mol. The minimum absolute atomic E-state index is 0.0929. The predicted octanol–water partition coefficient (Wildman–Crippen LogP) is 5.30. The Kier molecular flexibility index (Phi) is 5.40. The van der Waals surface area contributed by atoms with Crippen LogP contribution >= 0.6 is 23.2 Å². The third kappa shape index (κ3) is 3.55. The van der Waals surface area contributed by atoms with E-state index in [1.54, 1.807) is 11.1 Å². The number of fused-ring (bicyclic) bond motifs is 5. The normalized spacial score (nSPS) is 23.6. The molecular formula is C27H17Cl2N3O5. The van der Waals surface area contributed by atoms with Crippen LogP contribution in [0.2, 0.25) is 10.0 Å². The van der Waals surface area contributed by atoms with Crippen LogP contribution < -0.4 is 4.90 Å². The zero-order chi connectivity index (χ0) is 26.0. The van der Waals surface area contributed by atoms with Gasteiger partial charge < -0.3 is 4.90 Å². The molecule has 2 saturated heterocycles. The van der Waals surface area contributed by atoms with Gasteiger partial charge in [-0.05, 0) is 35.4 Å². The Balaban J connectivity index is 1.50. The van der Waals surface area contributed by atoms with Gasteiger partial charge in [-0.1, -0.05) is 59.6 Å². The standard InChI is InChI=1S/C27H17Cl2N3O5/c28-16-11-17(29)13-19(12-16)31-26(34)21-22(27(31)35)24(25(33)15-5-3-6-18(10-15)32(36)37)30-9-8-14-4-1-2-7-20(14)23(21)30/h1-13,21-24H/t21-,22-,23-,24+/m1/s1. The number of halogens is 2. The summed E-state index contributed by atoms with van der Waals surface area (Å²) in [4.78, 5) is 55.3. The second-order valence-electron chi connectivity index (χ2n) is 9.14. The molecule has 3 aromatic rings. The monoisotopic (exact) mass is 533 g/mol. The Hall–Kier alpha value is -4.01. The molecular weight excluding hydrogens is 517 g/mol. The van der Waals surface area contributed by atoms with E-state index in [2.05, 4.69) is 0 Å². The summed E-state index contributed by atoms with van der Waals surface area (Å²) in [6, 6.07) is 15.7. The van der Waals surface area contributed by atoms with Crippen molar-refractivity contribution >= 4 is 58.3 Å². The number of nitro benzene ring substituents is 1. The highest BCUT2D eigenvalue weighted by atomic mass is 35.5. The van der Waals surface area contributed by atoms with E-state index in [9.17, 15) is 24.5 Å². The van der Waals surface area contributed by atoms with Crippen molar-refractivity contribution in [2.24, 2.45) is 11.8 Å². The zero-order valence-corrected chi connectivity index (χ0v) is 20.5. The van der Waals surface area contributed by atoms with E-state index < -0.39 is 46.4 Å². The number of non-ortho nitro benzene ring substituents is 1. The smallest absolute Gasteiger partial charge is 0.270 e. The first-order chi connectivity index (χ1) is 17.8. The molecule has 3 aliphatic rings. The molecule has 0 radical (unpaired) electrons. The molecule has 8 nitrogen and oxygen atoms in total. The molecule has 0 N–H and O–H groups in total. The topological polar surface area (TPSA) is 101 Å². The molecule has 0 aliphatic carbocycles. The fourth-order valence-corrected chi connectivity index (χ4v) is 6.24. The summed E-state index contributed by atoms with van der Waals surface area (Å²) in [6.07, 6.45) is 3.57. The SMILES string of the molecule is O=C(c1cccc([N+](=O)[O-])c1)[C@@H]1[C@@H]2C(=O)N(c3cc(Cl)cc(Cl)c3)C(=O)[C@H]2[C@H]2c3ccccc3C=CN12. The summed E-state index contributed by atoms with van der Waals surface area (Å²) in [6.45, 7) is 0. The number of amides is 2. The van der Waals surface area contributed by atoms with Crippen molar-refractivity contribution in [1.82, 2.24) is 4.90 Å². The lowest BCUT2D eigenvalue weighted by Gasteiger charge is -2.35. The van der Waals surface area contributed by atoms with Crippen LogP contribution in [0.5, 0.6) is 0 Å². The van der Waals surface area contributed by atoms with E-state index in [-0.39, 0.29) is 27.0 Å². The van der Waals surface area contributed by atoms with E-state index in [0.29, 0.717) is 0 Å². The second-order valence-corrected chi connectivity index (χ2v) is 10.0. The van der Waals surface area contributed by atoms with Crippen molar-refractivity contribution in [3.63, 3.8) is 0 Å². The van der Waals surface area contributed by atoms with Crippen molar-refractivity contribution in [2.45, 2.75) is 12.1 Å². The van der Waals surface area contributed by atoms with E-state index >= 15 is 0 Å². The average molecular weight is 534 g/mol. The fraction of sp³-hybridized carbons (Fsp3) is 0.148. The Morgan fingerprint density at radius 2 is 1.59 bits per heavy atom. The van der Waals surface area contributed by atoms with Crippen LogP contribution in [-0.2, 0) is 9.59 Å². The lowest BCUT2D eigenvalue weighted by molar-refractivity contribution is -0.384. The quantitative estimate of drug-likeness (QED) is 0.195. The molecule has 2 fully saturated rings. The molecule has 0 unspecified atom stereocenters. The van der Waals surface area contributed by atoms with Gasteiger partial charge in [0.15, 0.2) is 5.78 Å². The minimum Gasteiger partial charge on any atom is -0.358 e. The fourth-order valence-electron chi connectivity index (χ4n) is 5.72. The molecule has 3 aliphatic heterocycles. The Bertz CT molecular complexity index is 1530. The molecule has 0 bridgehead atoms. The van der Waals surface area contributed by atoms with Gasteiger partial charge in [-0.25, -0.2) is 4.90 Å². The molecule has 0 saturated carbocycles. The van der Waals surface area contributed by atoms with Crippen LogP contribution in [0.3, 0.4) is 0 Å². The van der Waals surface area contributed by atoms with Crippen LogP contribution in [-0.4, -0.2) is 33.5 Å². The number of benzene rings is 3. The third-order valence-corrected chi connectivity index (χ3v) is 7.61. The van der Waals surface area contributed by atoms with Gasteiger partial charge in [0, 0.05) is 33.9 Å². The summed E-state index contributed by atoms with van der Waals surface area (Å²) in [5.41, 5.74) is 1.79. The van der Waals surface area contributed by atoms with Crippen molar-refractivity contribution in [2.75, 3.05) is 4.90 Å². The number of hydrogen-bond donors (Lipinski definition) is 0. The number of anilines is 1. The lowest BCUT2D eigenvalue weighted by Crippen LogP contribution is -2.44. The number of carbonyl (C=O) groups is 3. The van der Waals surface area contributed by atoms with Gasteiger partial charge >= 0.3 is 0 Å². The lowest BCUT2D eigenvalue weighted by atomic mass is 9.83. The highest BCUT2D eigenvalue weighted by molar-refractivity contribution is 6.36. The van der Waals surface area contributed by atoms with Gasteiger partial charge in [0.1, 0.15) is 6.04 Å². The molecule has 3 heterocycles. The van der Waals surface area contributed by atoms with Crippen LogP contribution in [0.4, 0.5) is 11.4 Å². The second kappa shape index (κ2) is 8.54. The number of ketones is 1. The number of carbonyl (C=O) groups excluding carboxylic acids is 3. The van der Waals surface area contributed by atoms with Crippen LogP contribution in [0.25, 0.3) is 6.08 Å². The van der Waals surface area contributed by atoms with E-state index in [1.165, 1.54) is 42.5 Å². The summed E-state index contributed by atoms with van der Waals surface area (Å²) in [5.74, 6) is -3.35. The van der Waals surface area contributed by atoms with Crippen molar-refractivity contribution in [3.05, 3.63) is 110 Å². The number of imide groups is 1. The van der Waals surface area contributed by atoms with Gasteiger partial charge in [-0.2, -0.15) is 0 Å². The summed E-state index contributed by atoms with van der Waals surface area (Å²) in [7, 11) is 0. The number of nitro groups is 1. The number of nitrogens with zero attached hydrogens (tertiary/aromatic N) is 3. The molecule has 4 atom stereocenters. The third-order valence-electron chi connectivity index (χ3n) is 7.18. The maximum atomic E-state index is 13.9. The van der Waals surface area contributed by atoms with E-state index in [0.717, 1.165) is 16.0 Å². The molecule has 184 valence electrons. The van der Waals surface area contributed by atoms with Gasteiger partial charge in [0.25, 0.3) is 5.69 Å². The van der Waals surface area contributed by atoms with E-state index in [1.807, 2.05) is 30.3 Å². The molecule has 2 amide bonds. The summed E-state index contributed by atoms with van der Waals surface area (Å²) in [5, 5.41) is 11.9. The molecule has 6 rings (SSSR count). The first-order valence-electron chi connectivity index (χ1n) is 11.4. The molecule has 0 aromatic heterocycles. The van der Waals surface area contributed by atoms with Crippen molar-refractivity contribution in [3.8, 4) is 0 Å². The molecule has 3 aromatic carbocycles. The first kappa shape index (κ1) is 23.4. The number of rotatable bonds is 4. The molecule has 10 heteroatoms. The number of Topliss-reactive ketones (excluding diaryl/α,β-unsaturated/α-hetero) is 1. The van der Waals surface area contributed by atoms with Crippen LogP contribution in [0.15, 0.2) is 72.9 Å². The van der Waals surface area contributed by atoms with Gasteiger partial charge in [0.05, 0.1) is 28.5 Å². The van der Waals surface area contributed by atoms with Gasteiger partial charge in [-0.15, -0.1) is 0 Å². The Morgan fingerprint density at radius 3 is 2.32 bits per heavy atom. The van der Waals surface area contributed by atoms with E-state index in [4.69, 9.17) is 23.2 Å². The van der Waals surface area contributed by atoms with Crippen LogP contribution in [0.1, 0.15) is 27.5 Å². The van der Waals surface area contributed by atoms with Gasteiger partial charge in [0.2, 0.25) is 11.8 Å². The summed E-state index contributed by atoms with van der Waals surface area (Å²) >= 11 is 12.3.